The van der Waals surface area contributed by atoms with Crippen molar-refractivity contribution in [3.05, 3.63) is 46.6 Å². The molecule has 0 unspecified atom stereocenters. The van der Waals surface area contributed by atoms with E-state index in [-0.39, 0.29) is 17.1 Å². The summed E-state index contributed by atoms with van der Waals surface area (Å²) in [5.74, 6) is 0.139. The molecule has 0 amide bonds. The van der Waals surface area contributed by atoms with Crippen LogP contribution in [0.25, 0.3) is 22.6 Å². The van der Waals surface area contributed by atoms with Crippen LogP contribution >= 0.6 is 0 Å². The molecule has 5 nitrogen and oxygen atoms in total. The summed E-state index contributed by atoms with van der Waals surface area (Å²) >= 11 is 0. The van der Waals surface area contributed by atoms with Crippen LogP contribution < -0.4 is 10.00 Å². The van der Waals surface area contributed by atoms with Crippen LogP contribution in [0.1, 0.15) is 11.7 Å². The van der Waals surface area contributed by atoms with Crippen molar-refractivity contribution in [3.8, 4) is 17.2 Å². The van der Waals surface area contributed by atoms with E-state index >= 15 is 0 Å². The van der Waals surface area contributed by atoms with E-state index < -0.39 is 0 Å². The van der Waals surface area contributed by atoms with E-state index in [1.165, 1.54) is 35.8 Å². The van der Waals surface area contributed by atoms with E-state index in [0.717, 1.165) is 0 Å². The standard InChI is InChI=1S/C14H9NO4/c1-8(16)15-11-4-2-9(17)6-13(11)19-14-7-10(18)3-5-12(14)15/h2-7H,1H3/p+1. The SMILES string of the molecule is CC(=O)[n+]1c2ccc(=O)cc-2oc2cc(O)ccc21. The quantitative estimate of drug-likeness (QED) is 0.489. The fourth-order valence-corrected chi connectivity index (χ4v) is 2.12. The molecule has 0 saturated heterocycles. The molecule has 2 aliphatic rings. The van der Waals surface area contributed by atoms with Gasteiger partial charge in [-0.3, -0.25) is 4.79 Å². The van der Waals surface area contributed by atoms with Gasteiger partial charge < -0.3 is 9.52 Å². The summed E-state index contributed by atoms with van der Waals surface area (Å²) in [5.41, 5.74) is 1.20. The fourth-order valence-electron chi connectivity index (χ4n) is 2.12. The number of phenols is 1. The molecule has 1 aliphatic heterocycles. The molecule has 0 aromatic heterocycles. The average molecular weight is 256 g/mol. The maximum atomic E-state index is 11.8. The van der Waals surface area contributed by atoms with Gasteiger partial charge in [-0.1, -0.05) is 0 Å². The third kappa shape index (κ3) is 1.76. The number of phenolic OH excluding ortho intramolecular Hbond substituents is 1. The van der Waals surface area contributed by atoms with Crippen LogP contribution in [0.2, 0.25) is 0 Å². The maximum Gasteiger partial charge on any atom is 0.390 e. The molecule has 1 aliphatic carbocycles. The Morgan fingerprint density at radius 1 is 1.21 bits per heavy atom. The number of aromatic nitrogens is 1. The van der Waals surface area contributed by atoms with Crippen LogP contribution in [0.15, 0.2) is 45.6 Å². The Hall–Kier alpha value is -2.69. The molecule has 3 rings (SSSR count). The van der Waals surface area contributed by atoms with Crippen molar-refractivity contribution in [1.29, 1.82) is 0 Å². The highest BCUT2D eigenvalue weighted by atomic mass is 16.3. The molecule has 0 saturated carbocycles. The summed E-state index contributed by atoms with van der Waals surface area (Å²) in [4.78, 5) is 23.2. The van der Waals surface area contributed by atoms with E-state index in [2.05, 4.69) is 0 Å². The third-order valence-electron chi connectivity index (χ3n) is 2.89. The predicted molar refractivity (Wildman–Crippen MR) is 67.3 cm³/mol. The molecule has 19 heavy (non-hydrogen) atoms. The van der Waals surface area contributed by atoms with Gasteiger partial charge in [-0.25, -0.2) is 4.79 Å². The Morgan fingerprint density at radius 2 is 2.00 bits per heavy atom. The molecule has 0 radical (unpaired) electrons. The van der Waals surface area contributed by atoms with E-state index in [1.54, 1.807) is 12.1 Å². The molecule has 1 N–H and O–H groups in total. The third-order valence-corrected chi connectivity index (χ3v) is 2.89. The fraction of sp³-hybridized carbons (Fsp3) is 0.0714. The molecule has 94 valence electrons. The minimum Gasteiger partial charge on any atom is -0.508 e. The van der Waals surface area contributed by atoms with Gasteiger partial charge in [0.05, 0.1) is 6.92 Å². The monoisotopic (exact) mass is 256 g/mol. The number of carbonyl (C=O) groups excluding carboxylic acids is 1. The molecule has 5 heteroatoms. The number of fused-ring (bicyclic) bond motifs is 2. The van der Waals surface area contributed by atoms with Crippen molar-refractivity contribution in [2.45, 2.75) is 6.92 Å². The Kier molecular flexibility index (Phi) is 2.35. The Morgan fingerprint density at radius 3 is 2.74 bits per heavy atom. The summed E-state index contributed by atoms with van der Waals surface area (Å²) < 4.78 is 7.02. The first-order valence-corrected chi connectivity index (χ1v) is 5.69. The van der Waals surface area contributed by atoms with Gasteiger partial charge in [-0.15, -0.1) is 4.57 Å². The van der Waals surface area contributed by atoms with E-state index in [9.17, 15) is 14.7 Å². The van der Waals surface area contributed by atoms with Gasteiger partial charge in [0.1, 0.15) is 5.75 Å². The molecule has 0 spiro atoms. The van der Waals surface area contributed by atoms with Crippen LogP contribution in [-0.2, 0) is 0 Å². The minimum atomic E-state index is -0.203. The maximum absolute atomic E-state index is 11.8. The predicted octanol–water partition coefficient (Wildman–Crippen LogP) is 1.55. The molecule has 1 aromatic carbocycles. The molecule has 1 aromatic rings. The number of benzene rings is 2. The highest BCUT2D eigenvalue weighted by Gasteiger charge is 2.26. The first-order valence-electron chi connectivity index (χ1n) is 5.69. The molecule has 1 heterocycles. The van der Waals surface area contributed by atoms with Gasteiger partial charge in [-0.05, 0) is 12.1 Å². The van der Waals surface area contributed by atoms with E-state index in [0.29, 0.717) is 22.6 Å². The van der Waals surface area contributed by atoms with Crippen LogP contribution in [0.3, 0.4) is 0 Å². The second-order valence-electron chi connectivity index (χ2n) is 4.24. The average Bonchev–Trinajstić information content (AvgIpc) is 2.35. The second-order valence-corrected chi connectivity index (χ2v) is 4.24. The summed E-state index contributed by atoms with van der Waals surface area (Å²) in [6.07, 6.45) is 0. The number of nitrogens with zero attached hydrogens (tertiary/aromatic N) is 1. The smallest absolute Gasteiger partial charge is 0.390 e. The van der Waals surface area contributed by atoms with Crippen molar-refractivity contribution in [2.24, 2.45) is 0 Å². The lowest BCUT2D eigenvalue weighted by atomic mass is 10.2. The largest absolute Gasteiger partial charge is 0.508 e. The van der Waals surface area contributed by atoms with E-state index in [4.69, 9.17) is 4.42 Å². The van der Waals surface area contributed by atoms with Gasteiger partial charge in [0.2, 0.25) is 11.3 Å². The van der Waals surface area contributed by atoms with Crippen molar-refractivity contribution < 1.29 is 18.9 Å². The van der Waals surface area contributed by atoms with Crippen LogP contribution in [0.4, 0.5) is 0 Å². The lowest BCUT2D eigenvalue weighted by Gasteiger charge is -2.05. The molecule has 0 atom stereocenters. The minimum absolute atomic E-state index is 0.0315. The number of rotatable bonds is 0. The topological polar surface area (TPSA) is 71.4 Å². The molecule has 0 fully saturated rings. The van der Waals surface area contributed by atoms with Gasteiger partial charge in [0.25, 0.3) is 11.2 Å². The number of hydrogen-bond acceptors (Lipinski definition) is 4. The van der Waals surface area contributed by atoms with Crippen LogP contribution in [0.5, 0.6) is 5.75 Å². The van der Waals surface area contributed by atoms with Crippen molar-refractivity contribution in [1.82, 2.24) is 0 Å². The van der Waals surface area contributed by atoms with E-state index in [1.807, 2.05) is 0 Å². The lowest BCUT2D eigenvalue weighted by molar-refractivity contribution is -0.534. The number of hydrogen-bond donors (Lipinski definition) is 1. The highest BCUT2D eigenvalue weighted by molar-refractivity contribution is 5.79. The van der Waals surface area contributed by atoms with Crippen molar-refractivity contribution in [2.75, 3.05) is 0 Å². The molecular formula is C14H10NO4+. The highest BCUT2D eigenvalue weighted by Crippen LogP contribution is 2.24. The molecular weight excluding hydrogens is 246 g/mol. The van der Waals surface area contributed by atoms with Crippen molar-refractivity contribution in [3.63, 3.8) is 0 Å². The summed E-state index contributed by atoms with van der Waals surface area (Å²) in [6.45, 7) is 1.43. The second kappa shape index (κ2) is 3.91. The Labute approximate surface area is 107 Å². The van der Waals surface area contributed by atoms with Crippen LogP contribution in [0, 0.1) is 0 Å². The zero-order chi connectivity index (χ0) is 13.6. The number of carbonyl (C=O) groups is 1. The normalized spacial score (nSPS) is 11.0. The van der Waals surface area contributed by atoms with Gasteiger partial charge in [-0.2, -0.15) is 0 Å². The van der Waals surface area contributed by atoms with Crippen LogP contribution in [-0.4, -0.2) is 11.0 Å². The zero-order valence-corrected chi connectivity index (χ0v) is 10.1. The summed E-state index contributed by atoms with van der Waals surface area (Å²) in [5, 5.41) is 9.47. The van der Waals surface area contributed by atoms with Crippen molar-refractivity contribution >= 4 is 17.0 Å². The van der Waals surface area contributed by atoms with Gasteiger partial charge in [0.15, 0.2) is 5.43 Å². The Balaban J connectivity index is 2.57. The Bertz CT molecular complexity index is 835. The van der Waals surface area contributed by atoms with Gasteiger partial charge >= 0.3 is 5.91 Å². The summed E-state index contributed by atoms with van der Waals surface area (Å²) in [6, 6.07) is 8.73. The first-order chi connectivity index (χ1) is 9.06. The lowest BCUT2D eigenvalue weighted by Crippen LogP contribution is -2.43. The first kappa shape index (κ1) is 11.4. The zero-order valence-electron chi connectivity index (χ0n) is 10.1. The summed E-state index contributed by atoms with van der Waals surface area (Å²) in [7, 11) is 0. The van der Waals surface area contributed by atoms with Gasteiger partial charge in [0, 0.05) is 24.3 Å². The number of aromatic hydroxyl groups is 1. The molecule has 0 bridgehead atoms.